The van der Waals surface area contributed by atoms with Crippen molar-refractivity contribution < 1.29 is 9.53 Å². The van der Waals surface area contributed by atoms with Gasteiger partial charge in [0.1, 0.15) is 11.3 Å². The molecule has 2 atom stereocenters. The highest BCUT2D eigenvalue weighted by Gasteiger charge is 2.38. The fraction of sp³-hybridized carbons (Fsp3) is 0.615. The number of carbonyl (C=O) groups excluding carboxylic acids is 1. The van der Waals surface area contributed by atoms with E-state index in [1.54, 1.807) is 17.2 Å². The standard InChI is InChI=1S/C13H17ClN4O2/c1-9-8-10(9)20-13(19)18-6-4-17(5-7-18)12-15-3-2-11(14)16-12/h2-3,9-10H,4-8H2,1H3. The third-order valence-corrected chi connectivity index (χ3v) is 3.93. The van der Waals surface area contributed by atoms with Crippen LogP contribution >= 0.6 is 11.6 Å². The van der Waals surface area contributed by atoms with Gasteiger partial charge in [-0.3, -0.25) is 0 Å². The number of amides is 1. The summed E-state index contributed by atoms with van der Waals surface area (Å²) in [4.78, 5) is 24.1. The molecule has 2 fully saturated rings. The third kappa shape index (κ3) is 2.95. The van der Waals surface area contributed by atoms with Gasteiger partial charge in [-0.15, -0.1) is 0 Å². The van der Waals surface area contributed by atoms with E-state index in [0.29, 0.717) is 43.2 Å². The highest BCUT2D eigenvalue weighted by Crippen LogP contribution is 2.33. The molecule has 20 heavy (non-hydrogen) atoms. The predicted octanol–water partition coefficient (Wildman–Crippen LogP) is 1.80. The number of rotatable bonds is 2. The molecule has 2 aliphatic rings. The molecule has 108 valence electrons. The van der Waals surface area contributed by atoms with Crippen LogP contribution in [0, 0.1) is 5.92 Å². The van der Waals surface area contributed by atoms with Crippen LogP contribution in [0.2, 0.25) is 5.15 Å². The van der Waals surface area contributed by atoms with Crippen molar-refractivity contribution in [3.63, 3.8) is 0 Å². The van der Waals surface area contributed by atoms with Gasteiger partial charge in [-0.25, -0.2) is 14.8 Å². The highest BCUT2D eigenvalue weighted by molar-refractivity contribution is 6.29. The van der Waals surface area contributed by atoms with E-state index in [0.717, 1.165) is 6.42 Å². The molecule has 2 unspecified atom stereocenters. The van der Waals surface area contributed by atoms with E-state index in [1.165, 1.54) is 0 Å². The first-order valence-corrected chi connectivity index (χ1v) is 7.20. The average Bonchev–Trinajstić information content (AvgIpc) is 3.14. The lowest BCUT2D eigenvalue weighted by atomic mass is 10.3. The molecule has 3 rings (SSSR count). The molecule has 6 nitrogen and oxygen atoms in total. The van der Waals surface area contributed by atoms with Gasteiger partial charge in [0.05, 0.1) is 0 Å². The van der Waals surface area contributed by atoms with E-state index in [1.807, 2.05) is 4.90 Å². The Kier molecular flexibility index (Phi) is 3.65. The van der Waals surface area contributed by atoms with Gasteiger partial charge in [-0.05, 0) is 18.4 Å². The summed E-state index contributed by atoms with van der Waals surface area (Å²) in [5, 5.41) is 0.430. The third-order valence-electron chi connectivity index (χ3n) is 3.72. The Bertz CT molecular complexity index is 505. The average molecular weight is 297 g/mol. The molecule has 0 N–H and O–H groups in total. The van der Waals surface area contributed by atoms with Crippen LogP contribution in [-0.4, -0.2) is 53.2 Å². The minimum Gasteiger partial charge on any atom is -0.446 e. The minimum absolute atomic E-state index is 0.122. The van der Waals surface area contributed by atoms with Gasteiger partial charge in [0.2, 0.25) is 5.95 Å². The second-order valence-corrected chi connectivity index (χ2v) is 5.68. The van der Waals surface area contributed by atoms with E-state index in [-0.39, 0.29) is 12.2 Å². The van der Waals surface area contributed by atoms with E-state index in [9.17, 15) is 4.79 Å². The van der Waals surface area contributed by atoms with Gasteiger partial charge in [0.25, 0.3) is 0 Å². The second-order valence-electron chi connectivity index (χ2n) is 5.29. The van der Waals surface area contributed by atoms with Gasteiger partial charge < -0.3 is 14.5 Å². The number of nitrogens with zero attached hydrogens (tertiary/aromatic N) is 4. The number of piperazine rings is 1. The zero-order valence-corrected chi connectivity index (χ0v) is 12.1. The van der Waals surface area contributed by atoms with E-state index < -0.39 is 0 Å². The van der Waals surface area contributed by atoms with E-state index >= 15 is 0 Å². The smallest absolute Gasteiger partial charge is 0.410 e. The molecule has 0 aromatic carbocycles. The first kappa shape index (κ1) is 13.4. The number of halogens is 1. The van der Waals surface area contributed by atoms with Crippen LogP contribution in [0.25, 0.3) is 0 Å². The summed E-state index contributed by atoms with van der Waals surface area (Å²) in [7, 11) is 0. The lowest BCUT2D eigenvalue weighted by Gasteiger charge is -2.34. The van der Waals surface area contributed by atoms with Crippen molar-refractivity contribution in [1.29, 1.82) is 0 Å². The molecule has 1 amide bonds. The summed E-state index contributed by atoms with van der Waals surface area (Å²) in [5.74, 6) is 1.13. The largest absolute Gasteiger partial charge is 0.446 e. The first-order chi connectivity index (χ1) is 9.63. The lowest BCUT2D eigenvalue weighted by Crippen LogP contribution is -2.49. The van der Waals surface area contributed by atoms with Gasteiger partial charge in [-0.1, -0.05) is 18.5 Å². The Hall–Kier alpha value is -1.56. The molecule has 1 aliphatic heterocycles. The van der Waals surface area contributed by atoms with Crippen molar-refractivity contribution >= 4 is 23.6 Å². The van der Waals surface area contributed by atoms with E-state index in [2.05, 4.69) is 16.9 Å². The molecule has 0 radical (unpaired) electrons. The molecular weight excluding hydrogens is 280 g/mol. The normalized spacial score (nSPS) is 25.5. The van der Waals surface area contributed by atoms with Gasteiger partial charge in [-0.2, -0.15) is 0 Å². The summed E-state index contributed by atoms with van der Waals surface area (Å²) in [6, 6.07) is 1.65. The summed E-state index contributed by atoms with van der Waals surface area (Å²) in [6.45, 7) is 4.71. The van der Waals surface area contributed by atoms with Crippen molar-refractivity contribution in [2.75, 3.05) is 31.1 Å². The van der Waals surface area contributed by atoms with Crippen LogP contribution in [0.5, 0.6) is 0 Å². The van der Waals surface area contributed by atoms with Crippen LogP contribution in [0.3, 0.4) is 0 Å². The van der Waals surface area contributed by atoms with Gasteiger partial charge in [0.15, 0.2) is 0 Å². The van der Waals surface area contributed by atoms with Crippen LogP contribution in [0.15, 0.2) is 12.3 Å². The second kappa shape index (κ2) is 5.44. The maximum atomic E-state index is 11.9. The summed E-state index contributed by atoms with van der Waals surface area (Å²) < 4.78 is 5.39. The summed E-state index contributed by atoms with van der Waals surface area (Å²) in [6.07, 6.45) is 2.55. The molecule has 7 heteroatoms. The molecule has 1 aromatic heterocycles. The number of hydrogen-bond acceptors (Lipinski definition) is 5. The van der Waals surface area contributed by atoms with Crippen molar-refractivity contribution in [2.24, 2.45) is 5.92 Å². The van der Waals surface area contributed by atoms with Gasteiger partial charge in [0, 0.05) is 32.4 Å². The summed E-state index contributed by atoms with van der Waals surface area (Å²) >= 11 is 5.86. The Morgan fingerprint density at radius 1 is 1.40 bits per heavy atom. The topological polar surface area (TPSA) is 58.6 Å². The van der Waals surface area contributed by atoms with Crippen molar-refractivity contribution in [3.8, 4) is 0 Å². The fourth-order valence-corrected chi connectivity index (χ4v) is 2.36. The molecule has 0 spiro atoms. The van der Waals surface area contributed by atoms with Gasteiger partial charge >= 0.3 is 6.09 Å². The van der Waals surface area contributed by atoms with Crippen LogP contribution in [-0.2, 0) is 4.74 Å². The number of hydrogen-bond donors (Lipinski definition) is 0. The Balaban J connectivity index is 1.52. The molecule has 1 aromatic rings. The Morgan fingerprint density at radius 2 is 2.10 bits per heavy atom. The first-order valence-electron chi connectivity index (χ1n) is 6.82. The van der Waals surface area contributed by atoms with Crippen molar-refractivity contribution in [3.05, 3.63) is 17.4 Å². The minimum atomic E-state index is -0.203. The molecule has 1 aliphatic carbocycles. The molecule has 1 saturated heterocycles. The maximum absolute atomic E-state index is 11.9. The van der Waals surface area contributed by atoms with Crippen LogP contribution in [0.1, 0.15) is 13.3 Å². The number of anilines is 1. The zero-order valence-electron chi connectivity index (χ0n) is 11.3. The van der Waals surface area contributed by atoms with Crippen LogP contribution < -0.4 is 4.90 Å². The number of ether oxygens (including phenoxy) is 1. The Labute approximate surface area is 122 Å². The fourth-order valence-electron chi connectivity index (χ4n) is 2.22. The van der Waals surface area contributed by atoms with E-state index in [4.69, 9.17) is 16.3 Å². The highest BCUT2D eigenvalue weighted by atomic mass is 35.5. The SMILES string of the molecule is CC1CC1OC(=O)N1CCN(c2nccc(Cl)n2)CC1. The summed E-state index contributed by atoms with van der Waals surface area (Å²) in [5.41, 5.74) is 0. The number of carbonyl (C=O) groups is 1. The molecular formula is C13H17ClN4O2. The monoisotopic (exact) mass is 296 g/mol. The van der Waals surface area contributed by atoms with Crippen LogP contribution in [0.4, 0.5) is 10.7 Å². The molecule has 2 heterocycles. The quantitative estimate of drug-likeness (QED) is 0.779. The number of aromatic nitrogens is 2. The zero-order chi connectivity index (χ0) is 14.1. The molecule has 1 saturated carbocycles. The Morgan fingerprint density at radius 3 is 2.70 bits per heavy atom. The maximum Gasteiger partial charge on any atom is 0.410 e. The van der Waals surface area contributed by atoms with Crippen molar-refractivity contribution in [2.45, 2.75) is 19.4 Å². The molecule has 0 bridgehead atoms. The van der Waals surface area contributed by atoms with Crippen molar-refractivity contribution in [1.82, 2.24) is 14.9 Å². The predicted molar refractivity (Wildman–Crippen MR) is 74.9 cm³/mol. The lowest BCUT2D eigenvalue weighted by molar-refractivity contribution is 0.0900.